The molecule has 1 aromatic carbocycles. The number of amides is 1. The number of aryl methyl sites for hydroxylation is 1. The van der Waals surface area contributed by atoms with E-state index in [4.69, 9.17) is 4.74 Å². The Bertz CT molecular complexity index is 933. The summed E-state index contributed by atoms with van der Waals surface area (Å²) < 4.78 is 20.8. The normalized spacial score (nSPS) is 19.5. The number of oxime groups is 1. The number of rotatable bonds is 6. The fourth-order valence-electron chi connectivity index (χ4n) is 4.41. The number of piperidine rings is 1. The van der Waals surface area contributed by atoms with Gasteiger partial charge in [0, 0.05) is 51.4 Å². The number of ether oxygens (including phenoxy) is 1. The molecule has 1 fully saturated rings. The third-order valence-electron chi connectivity index (χ3n) is 6.17. The molecule has 0 saturated carbocycles. The maximum Gasteiger partial charge on any atom is 0.271 e. The number of fused-ring (bicyclic) bond motifs is 1. The zero-order valence-electron chi connectivity index (χ0n) is 17.8. The van der Waals surface area contributed by atoms with Crippen molar-refractivity contribution in [1.82, 2.24) is 14.4 Å². The molecule has 1 amide bonds. The topological polar surface area (TPSA) is 70.3 Å². The molecule has 0 atom stereocenters. The molecule has 3 heterocycles. The Kier molecular flexibility index (Phi) is 6.56. The van der Waals surface area contributed by atoms with Crippen LogP contribution >= 0.6 is 0 Å². The minimum Gasteiger partial charge on any atom is -0.490 e. The van der Waals surface area contributed by atoms with Crippen LogP contribution in [0.25, 0.3) is 0 Å². The Morgan fingerprint density at radius 2 is 1.87 bits per heavy atom. The number of aromatic nitrogens is 1. The van der Waals surface area contributed by atoms with Crippen molar-refractivity contribution in [2.45, 2.75) is 31.8 Å². The van der Waals surface area contributed by atoms with E-state index in [9.17, 15) is 14.4 Å². The first-order chi connectivity index (χ1) is 15.0. The fourth-order valence-corrected chi connectivity index (χ4v) is 4.41. The second-order valence-electron chi connectivity index (χ2n) is 8.24. The monoisotopic (exact) mass is 428 g/mol. The molecule has 166 valence electrons. The van der Waals surface area contributed by atoms with Crippen molar-refractivity contribution in [2.75, 3.05) is 32.7 Å². The van der Waals surface area contributed by atoms with Crippen LogP contribution in [-0.2, 0) is 7.05 Å². The third-order valence-corrected chi connectivity index (χ3v) is 6.17. The number of nitrogens with zero attached hydrogens (tertiary/aromatic N) is 4. The Morgan fingerprint density at radius 3 is 2.58 bits per heavy atom. The average molecular weight is 429 g/mol. The molecule has 7 nitrogen and oxygen atoms in total. The Labute approximate surface area is 181 Å². The predicted octanol–water partition coefficient (Wildman–Crippen LogP) is 3.12. The maximum atomic E-state index is 13.0. The van der Waals surface area contributed by atoms with Gasteiger partial charge in [0.1, 0.15) is 23.4 Å². The number of carbonyl (C=O) groups is 1. The molecule has 1 saturated heterocycles. The van der Waals surface area contributed by atoms with Crippen molar-refractivity contribution in [1.29, 1.82) is 0 Å². The number of carbonyl (C=O) groups excluding carboxylic acids is 1. The van der Waals surface area contributed by atoms with Crippen LogP contribution < -0.4 is 4.74 Å². The van der Waals surface area contributed by atoms with E-state index in [1.807, 2.05) is 24.2 Å². The summed E-state index contributed by atoms with van der Waals surface area (Å²) in [6.07, 6.45) is 5.29. The van der Waals surface area contributed by atoms with Crippen LogP contribution in [0.5, 0.6) is 5.75 Å². The molecule has 0 spiro atoms. The molecule has 0 aliphatic carbocycles. The van der Waals surface area contributed by atoms with Gasteiger partial charge in [0.05, 0.1) is 5.71 Å². The van der Waals surface area contributed by atoms with Gasteiger partial charge in [-0.2, -0.15) is 0 Å². The van der Waals surface area contributed by atoms with E-state index in [1.54, 1.807) is 16.7 Å². The van der Waals surface area contributed by atoms with Crippen LogP contribution in [0.15, 0.2) is 41.7 Å². The lowest BCUT2D eigenvalue weighted by Gasteiger charge is -2.32. The van der Waals surface area contributed by atoms with Gasteiger partial charge in [0.2, 0.25) is 0 Å². The summed E-state index contributed by atoms with van der Waals surface area (Å²) in [4.78, 5) is 17.3. The lowest BCUT2D eigenvalue weighted by atomic mass is 10.1. The predicted molar refractivity (Wildman–Crippen MR) is 115 cm³/mol. The summed E-state index contributed by atoms with van der Waals surface area (Å²) in [5.41, 5.74) is 1.87. The van der Waals surface area contributed by atoms with Gasteiger partial charge >= 0.3 is 0 Å². The van der Waals surface area contributed by atoms with E-state index in [0.29, 0.717) is 36.7 Å². The lowest BCUT2D eigenvalue weighted by molar-refractivity contribution is 0.0730. The number of benzene rings is 1. The summed E-state index contributed by atoms with van der Waals surface area (Å²) in [5.74, 6) is 0.450. The van der Waals surface area contributed by atoms with Crippen molar-refractivity contribution in [2.24, 2.45) is 12.2 Å². The highest BCUT2D eigenvalue weighted by atomic mass is 19.1. The van der Waals surface area contributed by atoms with Crippen molar-refractivity contribution >= 4 is 11.6 Å². The molecule has 0 radical (unpaired) electrons. The van der Waals surface area contributed by atoms with Gasteiger partial charge in [-0.1, -0.05) is 5.16 Å². The van der Waals surface area contributed by atoms with Gasteiger partial charge in [0.15, 0.2) is 0 Å². The molecule has 1 N–H and O–H groups in total. The highest BCUT2D eigenvalue weighted by Gasteiger charge is 2.28. The Morgan fingerprint density at radius 1 is 1.13 bits per heavy atom. The average Bonchev–Trinajstić information content (AvgIpc) is 3.10. The van der Waals surface area contributed by atoms with Crippen molar-refractivity contribution < 1.29 is 19.1 Å². The summed E-state index contributed by atoms with van der Waals surface area (Å²) in [5, 5.41) is 12.7. The Hall–Kier alpha value is -2.87. The summed E-state index contributed by atoms with van der Waals surface area (Å²) >= 11 is 0. The molecule has 0 unspecified atom stereocenters. The number of hydrogen-bond donors (Lipinski definition) is 1. The number of hydrogen-bond acceptors (Lipinski definition) is 5. The first-order valence-corrected chi connectivity index (χ1v) is 10.9. The second-order valence-corrected chi connectivity index (χ2v) is 8.24. The second kappa shape index (κ2) is 9.51. The van der Waals surface area contributed by atoms with Gasteiger partial charge in [-0.25, -0.2) is 4.39 Å². The lowest BCUT2D eigenvalue weighted by Crippen LogP contribution is -2.40. The van der Waals surface area contributed by atoms with Crippen molar-refractivity contribution in [3.63, 3.8) is 0 Å². The standard InChI is InChI=1S/C23H29FN4O3/c1-26-13-9-20-21(25-30)10-16-28(23(29)22(20)26)12-2-11-27-14-7-19(8-15-27)31-18-5-3-17(24)4-6-18/h3-6,9,13,19,30H,2,7-8,10-12,14-16H2,1H3/b25-21-. The minimum absolute atomic E-state index is 0.00689. The number of likely N-dealkylation sites (tertiary alicyclic amines) is 1. The quantitative estimate of drug-likeness (QED) is 0.567. The number of halogens is 1. The van der Waals surface area contributed by atoms with Crippen molar-refractivity contribution in [3.05, 3.63) is 53.6 Å². The van der Waals surface area contributed by atoms with Crippen LogP contribution in [0.4, 0.5) is 4.39 Å². The summed E-state index contributed by atoms with van der Waals surface area (Å²) in [6, 6.07) is 8.02. The molecule has 1 aromatic heterocycles. The summed E-state index contributed by atoms with van der Waals surface area (Å²) in [7, 11) is 1.84. The highest BCUT2D eigenvalue weighted by Crippen LogP contribution is 2.22. The van der Waals surface area contributed by atoms with Gasteiger partial charge in [-0.05, 0) is 56.1 Å². The molecule has 4 rings (SSSR count). The largest absolute Gasteiger partial charge is 0.490 e. The smallest absolute Gasteiger partial charge is 0.271 e. The molecule has 2 aliphatic rings. The Balaban J connectivity index is 1.24. The fraction of sp³-hybridized carbons (Fsp3) is 0.478. The van der Waals surface area contributed by atoms with E-state index >= 15 is 0 Å². The van der Waals surface area contributed by atoms with Crippen molar-refractivity contribution in [3.8, 4) is 5.75 Å². The van der Waals surface area contributed by atoms with Crippen LogP contribution in [0, 0.1) is 5.82 Å². The third kappa shape index (κ3) is 4.90. The molecular weight excluding hydrogens is 399 g/mol. The van der Waals surface area contributed by atoms with Gasteiger partial charge in [-0.15, -0.1) is 0 Å². The molecule has 2 aromatic rings. The van der Waals surface area contributed by atoms with Gasteiger partial charge < -0.3 is 24.3 Å². The first kappa shape index (κ1) is 21.4. The van der Waals surface area contributed by atoms with Gasteiger partial charge in [0.25, 0.3) is 5.91 Å². The van der Waals surface area contributed by atoms with Crippen LogP contribution in [0.1, 0.15) is 41.7 Å². The highest BCUT2D eigenvalue weighted by molar-refractivity contribution is 6.11. The molecule has 2 aliphatic heterocycles. The maximum absolute atomic E-state index is 13.0. The molecule has 31 heavy (non-hydrogen) atoms. The van der Waals surface area contributed by atoms with Crippen LogP contribution in [-0.4, -0.2) is 70.0 Å². The zero-order chi connectivity index (χ0) is 21.8. The molecule has 8 heteroatoms. The van der Waals surface area contributed by atoms with Crippen LogP contribution in [0.3, 0.4) is 0 Å². The van der Waals surface area contributed by atoms with E-state index in [-0.39, 0.29) is 17.8 Å². The van der Waals surface area contributed by atoms with E-state index in [2.05, 4.69) is 10.1 Å². The SMILES string of the molecule is Cn1ccc2c1C(=O)N(CCCN1CCC(Oc3ccc(F)cc3)CC1)CC/C2=N/O. The first-order valence-electron chi connectivity index (χ1n) is 10.9. The zero-order valence-corrected chi connectivity index (χ0v) is 17.8. The molecule has 0 bridgehead atoms. The van der Waals surface area contributed by atoms with E-state index in [0.717, 1.165) is 44.5 Å². The summed E-state index contributed by atoms with van der Waals surface area (Å²) in [6.45, 7) is 4.05. The molecular formula is C23H29FN4O3. The van der Waals surface area contributed by atoms with E-state index in [1.165, 1.54) is 12.1 Å². The minimum atomic E-state index is -0.256. The van der Waals surface area contributed by atoms with Crippen LogP contribution in [0.2, 0.25) is 0 Å². The van der Waals surface area contributed by atoms with Gasteiger partial charge in [-0.3, -0.25) is 4.79 Å². The van der Waals surface area contributed by atoms with E-state index < -0.39 is 0 Å².